The van der Waals surface area contributed by atoms with Crippen molar-refractivity contribution >= 4 is 67.4 Å². The largest absolute Gasteiger partial charge is 0.395 e. The third kappa shape index (κ3) is 18.6. The van der Waals surface area contributed by atoms with Crippen LogP contribution in [0.1, 0.15) is 140 Å². The third-order valence-corrected chi connectivity index (χ3v) is 26.1. The molecule has 16 aromatic rings. The molecule has 131 heavy (non-hydrogen) atoms. The van der Waals surface area contributed by atoms with Gasteiger partial charge in [-0.2, -0.15) is 20.4 Å². The number of piperazine rings is 3. The number of rotatable bonds is 17. The summed E-state index contributed by atoms with van der Waals surface area (Å²) in [7, 11) is 0. The third-order valence-electron chi connectivity index (χ3n) is 26.1. The Balaban J connectivity index is 0.000000117. The zero-order valence-electron chi connectivity index (χ0n) is 77.4. The summed E-state index contributed by atoms with van der Waals surface area (Å²) >= 11 is 0. The number of nitrogens with zero attached hydrogens (tertiary/aromatic N) is 27. The highest BCUT2D eigenvalue weighted by molar-refractivity contribution is 5.72. The Hall–Kier alpha value is -13.1. The summed E-state index contributed by atoms with van der Waals surface area (Å²) < 4.78 is 13.8. The van der Waals surface area contributed by atoms with Crippen LogP contribution in [-0.2, 0) is 25.7 Å². The van der Waals surface area contributed by atoms with Gasteiger partial charge in [0.2, 0.25) is 0 Å². The first kappa shape index (κ1) is 88.6. The van der Waals surface area contributed by atoms with E-state index in [1.54, 1.807) is 41.9 Å². The molecule has 5 saturated heterocycles. The summed E-state index contributed by atoms with van der Waals surface area (Å²) in [5.41, 5.74) is 22.6. The van der Waals surface area contributed by atoms with Gasteiger partial charge >= 0.3 is 0 Å². The second kappa shape index (κ2) is 37.8. The SMILES string of the molecule is CCCN1CCN(c2ccc3nc(-c4cc5c(CC)nc(C)cn5n4)cc(=O)n3c2)C[C@H]1C.CCc1nc(C)cn2nc(-c3cc(=O)n4cc(N5CCC(N6CCCC6)CC5)ccc4n3)cc12.CCc1nc(C)cn2nc(-c3cc(=O)n4cc(N5CCN(CCO)[C@H](C)C5)ccc4n3)cc12.CCc1nc(C)cn2nc(-c3cc(=O)n4cc(N5C[C@@H](C)N[C@@H](C)C5)ccc4n3)cc12. The molecule has 33 heteroatoms. The van der Waals surface area contributed by atoms with Gasteiger partial charge in [0.05, 0.1) is 145 Å². The molecule has 0 unspecified atom stereocenters. The number of hydrogen-bond donors (Lipinski definition) is 2. The van der Waals surface area contributed by atoms with Crippen molar-refractivity contribution in [3.05, 3.63) is 234 Å². The fraction of sp³-hybridized carbons (Fsp3) is 0.429. The van der Waals surface area contributed by atoms with Gasteiger partial charge in [-0.15, -0.1) is 0 Å². The minimum absolute atomic E-state index is 0.0871. The molecule has 0 amide bonds. The number of nitrogens with one attached hydrogen (secondary N) is 1. The summed E-state index contributed by atoms with van der Waals surface area (Å²) in [5, 5.41) is 31.5. The standard InChI is InChI=1S/C26H31N7O.C25H31N7O.C24H29N7O2.C23H27N7O/c1-3-21-24-14-23(29-33(24)16-18(2)27-21)22-15-26(34)32-17-20(6-7-25(32)28-22)31-12-8-19(9-13-31)30-10-4-5-11-30;1-5-9-29-10-11-30(15-18(29)4)19-7-8-24-27-21(13-25(33)31(24)16-19)22-12-23-20(6-2)26-17(3)14-32(23)28-22;1-4-19-22-11-21(27-31(22)13-16(2)25-19)20-12-24(33)30-15-18(5-6-23(30)26-20)29-8-7-28(9-10-32)17(3)14-29;1-5-18-21-8-20(27-30(21)12-16(4)25-18)19-9-23(31)29-13-17(6-7-22(29)26-19)28-10-14(2)24-15(3)11-28/h6-7,14-17,19H,3-5,8-13H2,1-2H3;7-8,12-14,16,18H,5-6,9-11,15H2,1-4H3;5-6,11-13,15,17,32H,4,7-10,14H2,1-3H3;6-9,12-15,24H,5,10-11H2,1-4H3/t;18-;17-;14-,15+/m.11./s1. The van der Waals surface area contributed by atoms with Gasteiger partial charge in [-0.1, -0.05) is 34.6 Å². The predicted octanol–water partition coefficient (Wildman–Crippen LogP) is 10.8. The second-order valence-electron chi connectivity index (χ2n) is 35.8. The number of aromatic nitrogens is 20. The Morgan fingerprint density at radius 1 is 0.344 bits per heavy atom. The Labute approximate surface area is 759 Å². The molecule has 21 heterocycles. The monoisotopic (exact) mass is 1770 g/mol. The van der Waals surface area contributed by atoms with Crippen LogP contribution >= 0.6 is 0 Å². The van der Waals surface area contributed by atoms with Gasteiger partial charge in [0, 0.05) is 151 Å². The number of piperidine rings is 1. The molecule has 33 nitrogen and oxygen atoms in total. The number of likely N-dealkylation sites (tertiary alicyclic amines) is 1. The lowest BCUT2D eigenvalue weighted by Gasteiger charge is -2.40. The maximum absolute atomic E-state index is 13.1. The average Bonchev–Trinajstić information content (AvgIpc) is 1.73. The van der Waals surface area contributed by atoms with Crippen LogP contribution in [0.2, 0.25) is 0 Å². The lowest BCUT2D eigenvalue weighted by Crippen LogP contribution is -2.54. The van der Waals surface area contributed by atoms with Crippen molar-refractivity contribution in [2.45, 2.75) is 178 Å². The molecule has 5 fully saturated rings. The predicted molar refractivity (Wildman–Crippen MR) is 514 cm³/mol. The number of β-amino-alcohol motifs (C(OH)–C–C–N with tert-alkyl or cyclic N) is 1. The number of aliphatic hydroxyl groups is 1. The van der Waals surface area contributed by atoms with E-state index in [4.69, 9.17) is 19.9 Å². The summed E-state index contributed by atoms with van der Waals surface area (Å²) in [6.07, 6.45) is 24.7. The molecule has 0 aliphatic carbocycles. The maximum atomic E-state index is 13.1. The molecule has 0 saturated carbocycles. The number of anilines is 4. The fourth-order valence-corrected chi connectivity index (χ4v) is 19.6. The first-order valence-electron chi connectivity index (χ1n) is 46.6. The van der Waals surface area contributed by atoms with Gasteiger partial charge in [-0.25, -0.2) is 38.0 Å². The van der Waals surface area contributed by atoms with Gasteiger partial charge in [0.15, 0.2) is 0 Å². The first-order chi connectivity index (χ1) is 63.4. The molecule has 2 N–H and O–H groups in total. The van der Waals surface area contributed by atoms with Crippen molar-refractivity contribution in [1.29, 1.82) is 0 Å². The van der Waals surface area contributed by atoms with Crippen LogP contribution in [0, 0.1) is 27.7 Å². The molecule has 0 radical (unpaired) electrons. The zero-order chi connectivity index (χ0) is 91.2. The van der Waals surface area contributed by atoms with Crippen LogP contribution in [0.15, 0.2) is 166 Å². The van der Waals surface area contributed by atoms with E-state index in [9.17, 15) is 24.3 Å². The van der Waals surface area contributed by atoms with E-state index in [0.29, 0.717) is 105 Å². The molecule has 0 bridgehead atoms. The fourth-order valence-electron chi connectivity index (χ4n) is 19.6. The topological polar surface area (TPSA) is 313 Å². The molecule has 16 aromatic heterocycles. The molecule has 0 aromatic carbocycles. The lowest BCUT2D eigenvalue weighted by atomic mass is 10.0. The Morgan fingerprint density at radius 3 is 0.962 bits per heavy atom. The van der Waals surface area contributed by atoms with E-state index < -0.39 is 0 Å². The molecule has 0 spiro atoms. The lowest BCUT2D eigenvalue weighted by molar-refractivity contribution is 0.146. The average molecular weight is 1770 g/mol. The van der Waals surface area contributed by atoms with Crippen LogP contribution in [0.5, 0.6) is 0 Å². The molecule has 4 atom stereocenters. The van der Waals surface area contributed by atoms with Crippen LogP contribution < -0.4 is 47.2 Å². The van der Waals surface area contributed by atoms with Crippen molar-refractivity contribution in [2.75, 3.05) is 118 Å². The van der Waals surface area contributed by atoms with E-state index in [0.717, 1.165) is 188 Å². The Kier molecular flexibility index (Phi) is 25.5. The normalized spacial score (nSPS) is 18.0. The minimum Gasteiger partial charge on any atom is -0.395 e. The summed E-state index contributed by atoms with van der Waals surface area (Å²) in [5.74, 6) is 0. The van der Waals surface area contributed by atoms with Crippen molar-refractivity contribution in [3.8, 4) is 45.6 Å². The first-order valence-corrected chi connectivity index (χ1v) is 46.6. The maximum Gasteiger partial charge on any atom is 0.258 e. The van der Waals surface area contributed by atoms with Crippen LogP contribution in [-0.4, -0.2) is 244 Å². The van der Waals surface area contributed by atoms with E-state index >= 15 is 0 Å². The zero-order valence-corrected chi connectivity index (χ0v) is 77.4. The van der Waals surface area contributed by atoms with Crippen molar-refractivity contribution in [2.24, 2.45) is 0 Å². The molecule has 680 valence electrons. The summed E-state index contributed by atoms with van der Waals surface area (Å²) in [6.45, 7) is 41.1. The highest BCUT2D eigenvalue weighted by Crippen LogP contribution is 2.31. The van der Waals surface area contributed by atoms with Gasteiger partial charge in [-0.05, 0) is 206 Å². The van der Waals surface area contributed by atoms with Gasteiger partial charge in [0.1, 0.15) is 45.4 Å². The quantitative estimate of drug-likeness (QED) is 0.0855. The highest BCUT2D eigenvalue weighted by Gasteiger charge is 2.31. The van der Waals surface area contributed by atoms with Crippen molar-refractivity contribution < 1.29 is 5.11 Å². The van der Waals surface area contributed by atoms with Crippen LogP contribution in [0.4, 0.5) is 22.7 Å². The number of aliphatic hydroxyl groups excluding tert-OH is 1. The molecular formula is C98H118N28O5. The van der Waals surface area contributed by atoms with Gasteiger partial charge < -0.3 is 34.9 Å². The smallest absolute Gasteiger partial charge is 0.258 e. The summed E-state index contributed by atoms with van der Waals surface area (Å²) in [6, 6.07) is 32.4. The number of fused-ring (bicyclic) bond motifs is 8. The van der Waals surface area contributed by atoms with Crippen molar-refractivity contribution in [1.82, 2.24) is 116 Å². The van der Waals surface area contributed by atoms with Gasteiger partial charge in [0.25, 0.3) is 22.2 Å². The molecule has 21 rings (SSSR count). The number of hydrogen-bond acceptors (Lipinski definition) is 25. The van der Waals surface area contributed by atoms with Crippen molar-refractivity contribution in [3.63, 3.8) is 0 Å². The van der Waals surface area contributed by atoms with E-state index in [1.807, 2.05) is 156 Å². The Morgan fingerprint density at radius 2 is 0.656 bits per heavy atom. The minimum atomic E-state index is -0.133. The van der Waals surface area contributed by atoms with Crippen LogP contribution in [0.3, 0.4) is 0 Å². The molecule has 5 aliphatic rings. The highest BCUT2D eigenvalue weighted by atomic mass is 16.3. The number of aryl methyl sites for hydroxylation is 8. The van der Waals surface area contributed by atoms with E-state index in [1.165, 1.54) is 45.2 Å². The van der Waals surface area contributed by atoms with E-state index in [2.05, 4.69) is 154 Å². The van der Waals surface area contributed by atoms with Gasteiger partial charge in [-0.3, -0.25) is 66.5 Å². The Bertz CT molecular complexity index is 6970. The molecule has 5 aliphatic heterocycles. The van der Waals surface area contributed by atoms with E-state index in [-0.39, 0.29) is 28.8 Å². The number of pyridine rings is 4. The molecular weight excluding hydrogens is 1650 g/mol. The second-order valence-corrected chi connectivity index (χ2v) is 35.8. The summed E-state index contributed by atoms with van der Waals surface area (Å²) in [4.78, 5) is 106. The van der Waals surface area contributed by atoms with Crippen LogP contribution in [0.25, 0.3) is 90.2 Å².